The molecular weight excluding hydrogens is 232 g/mol. The summed E-state index contributed by atoms with van der Waals surface area (Å²) in [5, 5.41) is 14.7. The Morgan fingerprint density at radius 3 is 2.33 bits per heavy atom. The van der Waals surface area contributed by atoms with Gasteiger partial charge in [-0.3, -0.25) is 9.59 Å². The molecule has 0 aliphatic rings. The maximum absolute atomic E-state index is 11.7. The van der Waals surface area contributed by atoms with Crippen molar-refractivity contribution in [2.45, 2.75) is 65.0 Å². The molecule has 3 N–H and O–H groups in total. The Kier molecular flexibility index (Phi) is 7.59. The molecule has 1 atom stereocenters. The van der Waals surface area contributed by atoms with Gasteiger partial charge in [0, 0.05) is 24.5 Å². The van der Waals surface area contributed by atoms with Gasteiger partial charge in [-0.15, -0.1) is 0 Å². The lowest BCUT2D eigenvalue weighted by Gasteiger charge is -2.21. The molecule has 0 radical (unpaired) electrons. The standard InChI is InChI=1S/C13H26N2O3/c1-5-6-10(9-12(17)18)15-11(16)7-8-14-13(2,3)4/h10,14H,5-9H2,1-4H3,(H,15,16)(H,17,18). The third kappa shape index (κ3) is 10.1. The Bertz CT molecular complexity index is 272. The smallest absolute Gasteiger partial charge is 0.305 e. The molecule has 5 nitrogen and oxygen atoms in total. The topological polar surface area (TPSA) is 78.4 Å². The molecule has 18 heavy (non-hydrogen) atoms. The van der Waals surface area contributed by atoms with E-state index in [9.17, 15) is 9.59 Å². The summed E-state index contributed by atoms with van der Waals surface area (Å²) in [5.41, 5.74) is -0.00976. The molecule has 0 saturated heterocycles. The first-order valence-electron chi connectivity index (χ1n) is 6.50. The van der Waals surface area contributed by atoms with Crippen molar-refractivity contribution in [3.8, 4) is 0 Å². The fourth-order valence-corrected chi connectivity index (χ4v) is 1.64. The maximum atomic E-state index is 11.7. The number of amides is 1. The third-order valence-electron chi connectivity index (χ3n) is 2.43. The molecule has 106 valence electrons. The summed E-state index contributed by atoms with van der Waals surface area (Å²) >= 11 is 0. The Morgan fingerprint density at radius 1 is 1.28 bits per heavy atom. The van der Waals surface area contributed by atoms with Crippen LogP contribution < -0.4 is 10.6 Å². The molecule has 1 unspecified atom stereocenters. The van der Waals surface area contributed by atoms with E-state index in [-0.39, 0.29) is 23.9 Å². The number of carbonyl (C=O) groups excluding carboxylic acids is 1. The molecule has 0 heterocycles. The summed E-state index contributed by atoms with van der Waals surface area (Å²) in [5.74, 6) is -0.965. The number of carboxylic acids is 1. The summed E-state index contributed by atoms with van der Waals surface area (Å²) < 4.78 is 0. The average molecular weight is 258 g/mol. The Balaban J connectivity index is 3.98. The van der Waals surface area contributed by atoms with Gasteiger partial charge in [0.1, 0.15) is 0 Å². The van der Waals surface area contributed by atoms with Crippen LogP contribution in [-0.2, 0) is 9.59 Å². The van der Waals surface area contributed by atoms with Crippen molar-refractivity contribution in [3.05, 3.63) is 0 Å². The van der Waals surface area contributed by atoms with Crippen LogP contribution in [0.2, 0.25) is 0 Å². The number of aliphatic carboxylic acids is 1. The van der Waals surface area contributed by atoms with Gasteiger partial charge in [0.05, 0.1) is 6.42 Å². The number of carbonyl (C=O) groups is 2. The van der Waals surface area contributed by atoms with Crippen molar-refractivity contribution in [2.24, 2.45) is 0 Å². The Hall–Kier alpha value is -1.10. The zero-order valence-electron chi connectivity index (χ0n) is 11.9. The summed E-state index contributed by atoms with van der Waals surface area (Å²) in [6.07, 6.45) is 1.92. The third-order valence-corrected chi connectivity index (χ3v) is 2.43. The van der Waals surface area contributed by atoms with E-state index < -0.39 is 5.97 Å². The minimum atomic E-state index is -0.874. The van der Waals surface area contributed by atoms with Crippen LogP contribution in [0.4, 0.5) is 0 Å². The molecule has 0 aromatic heterocycles. The van der Waals surface area contributed by atoms with Gasteiger partial charge < -0.3 is 15.7 Å². The lowest BCUT2D eigenvalue weighted by Crippen LogP contribution is -2.41. The number of carboxylic acid groups (broad SMARTS) is 1. The summed E-state index contributed by atoms with van der Waals surface area (Å²) in [6.45, 7) is 8.68. The van der Waals surface area contributed by atoms with Crippen LogP contribution in [0.5, 0.6) is 0 Å². The fourth-order valence-electron chi connectivity index (χ4n) is 1.64. The second-order valence-corrected chi connectivity index (χ2v) is 5.58. The molecule has 0 aliphatic heterocycles. The van der Waals surface area contributed by atoms with Crippen LogP contribution in [0.15, 0.2) is 0 Å². The zero-order valence-corrected chi connectivity index (χ0v) is 11.9. The van der Waals surface area contributed by atoms with E-state index in [1.807, 2.05) is 27.7 Å². The lowest BCUT2D eigenvalue weighted by atomic mass is 10.1. The first kappa shape index (κ1) is 16.9. The quantitative estimate of drug-likeness (QED) is 0.617. The highest BCUT2D eigenvalue weighted by Gasteiger charge is 2.15. The van der Waals surface area contributed by atoms with E-state index >= 15 is 0 Å². The summed E-state index contributed by atoms with van der Waals surface area (Å²) in [4.78, 5) is 22.3. The van der Waals surface area contributed by atoms with Gasteiger partial charge in [-0.25, -0.2) is 0 Å². The highest BCUT2D eigenvalue weighted by molar-refractivity contribution is 5.77. The predicted molar refractivity (Wildman–Crippen MR) is 71.5 cm³/mol. The summed E-state index contributed by atoms with van der Waals surface area (Å²) in [7, 11) is 0. The molecule has 1 amide bonds. The van der Waals surface area contributed by atoms with E-state index in [0.717, 1.165) is 6.42 Å². The van der Waals surface area contributed by atoms with Crippen LogP contribution in [0.25, 0.3) is 0 Å². The first-order valence-corrected chi connectivity index (χ1v) is 6.50. The van der Waals surface area contributed by atoms with E-state index in [4.69, 9.17) is 5.11 Å². The lowest BCUT2D eigenvalue weighted by molar-refractivity contribution is -0.137. The van der Waals surface area contributed by atoms with E-state index in [1.54, 1.807) is 0 Å². The molecule has 0 saturated carbocycles. The van der Waals surface area contributed by atoms with Gasteiger partial charge in [-0.2, -0.15) is 0 Å². The van der Waals surface area contributed by atoms with Crippen LogP contribution in [0.1, 0.15) is 53.4 Å². The van der Waals surface area contributed by atoms with Crippen molar-refractivity contribution in [1.29, 1.82) is 0 Å². The molecule has 0 aromatic carbocycles. The second kappa shape index (κ2) is 8.08. The van der Waals surface area contributed by atoms with Crippen molar-refractivity contribution in [3.63, 3.8) is 0 Å². The van der Waals surface area contributed by atoms with Crippen molar-refractivity contribution >= 4 is 11.9 Å². The Labute approximate surface area is 109 Å². The van der Waals surface area contributed by atoms with Gasteiger partial charge in [0.15, 0.2) is 0 Å². The molecular formula is C13H26N2O3. The fraction of sp³-hybridized carbons (Fsp3) is 0.846. The molecule has 0 fully saturated rings. The van der Waals surface area contributed by atoms with E-state index in [1.165, 1.54) is 0 Å². The average Bonchev–Trinajstić information content (AvgIpc) is 2.14. The predicted octanol–water partition coefficient (Wildman–Crippen LogP) is 1.52. The first-order chi connectivity index (χ1) is 8.24. The van der Waals surface area contributed by atoms with Crippen LogP contribution >= 0.6 is 0 Å². The highest BCUT2D eigenvalue weighted by atomic mass is 16.4. The van der Waals surface area contributed by atoms with Gasteiger partial charge in [-0.1, -0.05) is 13.3 Å². The molecule has 5 heteroatoms. The Morgan fingerprint density at radius 2 is 1.89 bits per heavy atom. The monoisotopic (exact) mass is 258 g/mol. The van der Waals surface area contributed by atoms with Gasteiger partial charge >= 0.3 is 5.97 Å². The van der Waals surface area contributed by atoms with Crippen molar-refractivity contribution < 1.29 is 14.7 Å². The van der Waals surface area contributed by atoms with Crippen LogP contribution in [0.3, 0.4) is 0 Å². The molecule has 0 bridgehead atoms. The minimum absolute atomic E-state index is 0.00766. The van der Waals surface area contributed by atoms with E-state index in [0.29, 0.717) is 19.4 Å². The van der Waals surface area contributed by atoms with Crippen molar-refractivity contribution in [2.75, 3.05) is 6.54 Å². The normalized spacial score (nSPS) is 13.1. The summed E-state index contributed by atoms with van der Waals surface area (Å²) in [6, 6.07) is -0.255. The van der Waals surface area contributed by atoms with Crippen LogP contribution in [0, 0.1) is 0 Å². The van der Waals surface area contributed by atoms with Gasteiger partial charge in [-0.05, 0) is 27.2 Å². The number of rotatable bonds is 8. The molecule has 0 rings (SSSR count). The number of nitrogens with one attached hydrogen (secondary N) is 2. The molecule has 0 spiro atoms. The maximum Gasteiger partial charge on any atom is 0.305 e. The second-order valence-electron chi connectivity index (χ2n) is 5.58. The largest absolute Gasteiger partial charge is 0.481 e. The minimum Gasteiger partial charge on any atom is -0.481 e. The zero-order chi connectivity index (χ0) is 14.2. The van der Waals surface area contributed by atoms with Gasteiger partial charge in [0.2, 0.25) is 5.91 Å². The van der Waals surface area contributed by atoms with E-state index in [2.05, 4.69) is 10.6 Å². The molecule has 0 aliphatic carbocycles. The van der Waals surface area contributed by atoms with Gasteiger partial charge in [0.25, 0.3) is 0 Å². The number of hydrogen-bond donors (Lipinski definition) is 3. The SMILES string of the molecule is CCCC(CC(=O)O)NC(=O)CCNC(C)(C)C. The number of hydrogen-bond acceptors (Lipinski definition) is 3. The van der Waals surface area contributed by atoms with Crippen molar-refractivity contribution in [1.82, 2.24) is 10.6 Å². The molecule has 0 aromatic rings. The highest BCUT2D eigenvalue weighted by Crippen LogP contribution is 2.03. The van der Waals surface area contributed by atoms with Crippen LogP contribution in [-0.4, -0.2) is 35.1 Å².